The van der Waals surface area contributed by atoms with Crippen molar-refractivity contribution in [3.8, 4) is 5.75 Å². The van der Waals surface area contributed by atoms with Gasteiger partial charge in [0.25, 0.3) is 0 Å². The lowest BCUT2D eigenvalue weighted by atomic mass is 9.98. The van der Waals surface area contributed by atoms with Crippen LogP contribution in [0.3, 0.4) is 0 Å². The molecule has 0 radical (unpaired) electrons. The first kappa shape index (κ1) is 29.8. The monoisotopic (exact) mass is 586 g/mol. The van der Waals surface area contributed by atoms with Crippen LogP contribution in [-0.2, 0) is 43.6 Å². The highest BCUT2D eigenvalue weighted by atomic mass is 32.2. The number of methoxy groups -OCH3 is 1. The molecule has 1 heterocycles. The van der Waals surface area contributed by atoms with E-state index in [1.54, 1.807) is 7.11 Å². The Labute approximate surface area is 250 Å². The van der Waals surface area contributed by atoms with Gasteiger partial charge >= 0.3 is 5.97 Å². The van der Waals surface area contributed by atoms with E-state index in [0.717, 1.165) is 27.3 Å². The van der Waals surface area contributed by atoms with Gasteiger partial charge in [-0.2, -0.15) is 0 Å². The summed E-state index contributed by atoms with van der Waals surface area (Å²) in [5.41, 5.74) is 2.13. The summed E-state index contributed by atoms with van der Waals surface area (Å²) in [5.74, 6) is -0.380. The first-order chi connectivity index (χ1) is 20.6. The van der Waals surface area contributed by atoms with Crippen molar-refractivity contribution in [3.63, 3.8) is 0 Å². The van der Waals surface area contributed by atoms with Crippen molar-refractivity contribution in [1.29, 1.82) is 0 Å². The van der Waals surface area contributed by atoms with E-state index in [2.05, 4.69) is 0 Å². The molecule has 4 aromatic carbocycles. The maximum Gasteiger partial charge on any atom is 0.335 e. The number of benzene rings is 4. The Bertz CT molecular complexity index is 1370. The molecule has 0 amide bonds. The van der Waals surface area contributed by atoms with Crippen molar-refractivity contribution in [2.45, 2.75) is 54.6 Å². The molecule has 0 aliphatic carbocycles. The Morgan fingerprint density at radius 1 is 0.667 bits per heavy atom. The summed E-state index contributed by atoms with van der Waals surface area (Å²) < 4.78 is 31.0. The topological polar surface area (TPSA) is 83.5 Å². The van der Waals surface area contributed by atoms with Crippen molar-refractivity contribution < 1.29 is 33.6 Å². The fourth-order valence-electron chi connectivity index (χ4n) is 4.73. The second-order valence-electron chi connectivity index (χ2n) is 9.84. The highest BCUT2D eigenvalue weighted by Crippen LogP contribution is 2.38. The van der Waals surface area contributed by atoms with Crippen LogP contribution < -0.4 is 4.74 Å². The number of rotatable bonds is 13. The standard InChI is InChI=1S/C34H34O7S/c1-37-27-19-17-26(18-20-27)23-39-30-29(38-21-24-11-5-2-6-12-24)31(33(35)36)41-34(42-28-15-9-4-10-16-28)32(30)40-22-25-13-7-3-8-14-25/h2-20,29-32,34H,21-23H2,1H3,(H,35,36)/t29-,30-,31-,32-,34+/m0/s1. The molecular formula is C34H34O7S. The minimum Gasteiger partial charge on any atom is -0.497 e. The summed E-state index contributed by atoms with van der Waals surface area (Å²) in [6.45, 7) is 0.718. The number of carbonyl (C=O) groups is 1. The van der Waals surface area contributed by atoms with Gasteiger partial charge in [0.15, 0.2) is 6.10 Å². The average Bonchev–Trinajstić information content (AvgIpc) is 3.04. The number of aliphatic carboxylic acids is 1. The van der Waals surface area contributed by atoms with E-state index in [1.807, 2.05) is 115 Å². The highest BCUT2D eigenvalue weighted by molar-refractivity contribution is 7.99. The highest BCUT2D eigenvalue weighted by Gasteiger charge is 2.51. The third-order valence-corrected chi connectivity index (χ3v) is 8.06. The zero-order valence-electron chi connectivity index (χ0n) is 23.3. The molecule has 1 N–H and O–H groups in total. The summed E-state index contributed by atoms with van der Waals surface area (Å²) in [5, 5.41) is 10.3. The average molecular weight is 587 g/mol. The van der Waals surface area contributed by atoms with Gasteiger partial charge in [-0.15, -0.1) is 0 Å². The second kappa shape index (κ2) is 15.0. The normalized spacial score (nSPS) is 22.0. The van der Waals surface area contributed by atoms with Crippen LogP contribution in [0, 0.1) is 0 Å². The summed E-state index contributed by atoms with van der Waals surface area (Å²) in [6.07, 6.45) is -3.61. The molecule has 0 spiro atoms. The van der Waals surface area contributed by atoms with Crippen LogP contribution in [0.25, 0.3) is 0 Å². The number of thioether (sulfide) groups is 1. The molecule has 42 heavy (non-hydrogen) atoms. The molecule has 1 saturated heterocycles. The Balaban J connectivity index is 1.47. The SMILES string of the molecule is COc1ccc(CO[C@@H]2[C@H](OCc3ccccc3)[C@@H](Sc3ccccc3)O[C@H](C(=O)O)[C@H]2OCc2ccccc2)cc1. The van der Waals surface area contributed by atoms with Gasteiger partial charge in [0.2, 0.25) is 0 Å². The predicted octanol–water partition coefficient (Wildman–Crippen LogP) is 6.35. The first-order valence-corrected chi connectivity index (χ1v) is 14.6. The Kier molecular flexibility index (Phi) is 10.6. The van der Waals surface area contributed by atoms with Crippen molar-refractivity contribution in [3.05, 3.63) is 132 Å². The van der Waals surface area contributed by atoms with Gasteiger partial charge in [-0.1, -0.05) is 103 Å². The molecule has 8 heteroatoms. The number of ether oxygens (including phenoxy) is 5. The van der Waals surface area contributed by atoms with E-state index in [4.69, 9.17) is 23.7 Å². The van der Waals surface area contributed by atoms with Gasteiger partial charge in [-0.3, -0.25) is 0 Å². The van der Waals surface area contributed by atoms with Crippen LogP contribution in [0.5, 0.6) is 5.75 Å². The van der Waals surface area contributed by atoms with Gasteiger partial charge in [0.05, 0.1) is 26.9 Å². The predicted molar refractivity (Wildman–Crippen MR) is 160 cm³/mol. The van der Waals surface area contributed by atoms with Crippen molar-refractivity contribution >= 4 is 17.7 Å². The van der Waals surface area contributed by atoms with E-state index in [0.29, 0.717) is 6.61 Å². The number of carboxylic acids is 1. The minimum absolute atomic E-state index is 0.197. The molecule has 1 aliphatic heterocycles. The van der Waals surface area contributed by atoms with Crippen molar-refractivity contribution in [1.82, 2.24) is 0 Å². The molecular weight excluding hydrogens is 552 g/mol. The maximum absolute atomic E-state index is 12.6. The molecule has 5 atom stereocenters. The Morgan fingerprint density at radius 3 is 1.67 bits per heavy atom. The first-order valence-electron chi connectivity index (χ1n) is 13.8. The zero-order chi connectivity index (χ0) is 29.1. The summed E-state index contributed by atoms with van der Waals surface area (Å²) >= 11 is 1.41. The molecule has 7 nitrogen and oxygen atoms in total. The number of carboxylic acid groups (broad SMARTS) is 1. The third-order valence-electron chi connectivity index (χ3n) is 6.91. The van der Waals surface area contributed by atoms with Crippen LogP contribution in [0.2, 0.25) is 0 Å². The molecule has 218 valence electrons. The molecule has 0 bridgehead atoms. The van der Waals surface area contributed by atoms with E-state index < -0.39 is 35.8 Å². The van der Waals surface area contributed by atoms with E-state index in [1.165, 1.54) is 11.8 Å². The molecule has 1 aliphatic rings. The lowest BCUT2D eigenvalue weighted by Crippen LogP contribution is -2.61. The van der Waals surface area contributed by atoms with Gasteiger partial charge in [0.1, 0.15) is 29.5 Å². The lowest BCUT2D eigenvalue weighted by Gasteiger charge is -2.44. The molecule has 1 fully saturated rings. The summed E-state index contributed by atoms with van der Waals surface area (Å²) in [6, 6.07) is 36.8. The van der Waals surface area contributed by atoms with E-state index in [-0.39, 0.29) is 13.2 Å². The summed E-state index contributed by atoms with van der Waals surface area (Å²) in [4.78, 5) is 13.6. The molecule has 0 aromatic heterocycles. The third kappa shape index (κ3) is 8.00. The Morgan fingerprint density at radius 2 is 1.14 bits per heavy atom. The fraction of sp³-hybridized carbons (Fsp3) is 0.265. The number of hydrogen-bond donors (Lipinski definition) is 1. The largest absolute Gasteiger partial charge is 0.497 e. The van der Waals surface area contributed by atoms with Crippen molar-refractivity contribution in [2.75, 3.05) is 7.11 Å². The second-order valence-corrected chi connectivity index (χ2v) is 11.0. The van der Waals surface area contributed by atoms with Crippen LogP contribution in [0.4, 0.5) is 0 Å². The van der Waals surface area contributed by atoms with Crippen LogP contribution >= 0.6 is 11.8 Å². The summed E-state index contributed by atoms with van der Waals surface area (Å²) in [7, 11) is 1.62. The van der Waals surface area contributed by atoms with Crippen molar-refractivity contribution in [2.24, 2.45) is 0 Å². The minimum atomic E-state index is -1.27. The number of hydrogen-bond acceptors (Lipinski definition) is 7. The van der Waals surface area contributed by atoms with Gasteiger partial charge in [-0.05, 0) is 41.0 Å². The van der Waals surface area contributed by atoms with Gasteiger partial charge in [0, 0.05) is 4.90 Å². The van der Waals surface area contributed by atoms with Crippen LogP contribution in [0.15, 0.2) is 120 Å². The lowest BCUT2D eigenvalue weighted by molar-refractivity contribution is -0.248. The van der Waals surface area contributed by atoms with E-state index in [9.17, 15) is 9.90 Å². The van der Waals surface area contributed by atoms with Crippen LogP contribution in [-0.4, -0.2) is 48.0 Å². The van der Waals surface area contributed by atoms with Gasteiger partial charge < -0.3 is 28.8 Å². The van der Waals surface area contributed by atoms with E-state index >= 15 is 0 Å². The van der Waals surface area contributed by atoms with Crippen LogP contribution in [0.1, 0.15) is 16.7 Å². The fourth-order valence-corrected chi connectivity index (χ4v) is 5.86. The molecule has 0 saturated carbocycles. The molecule has 4 aromatic rings. The molecule has 5 rings (SSSR count). The smallest absolute Gasteiger partial charge is 0.335 e. The quantitative estimate of drug-likeness (QED) is 0.194. The zero-order valence-corrected chi connectivity index (χ0v) is 24.1. The maximum atomic E-state index is 12.6. The molecule has 0 unspecified atom stereocenters. The Hall–Kier alpha value is -3.66. The van der Waals surface area contributed by atoms with Gasteiger partial charge in [-0.25, -0.2) is 4.79 Å².